The minimum absolute atomic E-state index is 0.192. The maximum absolute atomic E-state index is 12.3. The Bertz CT molecular complexity index is 829. The number of anilines is 1. The van der Waals surface area contributed by atoms with Gasteiger partial charge in [0.05, 0.1) is 12.2 Å². The normalized spacial score (nSPS) is 10.5. The molecule has 24 heavy (non-hydrogen) atoms. The van der Waals surface area contributed by atoms with Crippen LogP contribution < -0.4 is 5.32 Å². The van der Waals surface area contributed by atoms with Crippen molar-refractivity contribution in [1.82, 2.24) is 10.2 Å². The molecule has 11 heteroatoms. The van der Waals surface area contributed by atoms with Gasteiger partial charge in [-0.05, 0) is 31.3 Å². The number of aryl methyl sites for hydroxylation is 1. The lowest BCUT2D eigenvalue weighted by Crippen LogP contribution is -2.15. The molecule has 0 atom stereocenters. The van der Waals surface area contributed by atoms with E-state index in [1.54, 1.807) is 20.8 Å². The van der Waals surface area contributed by atoms with Crippen LogP contribution in [0.1, 0.15) is 38.2 Å². The zero-order valence-corrected chi connectivity index (χ0v) is 14.5. The van der Waals surface area contributed by atoms with Gasteiger partial charge in [-0.3, -0.25) is 4.79 Å². The summed E-state index contributed by atoms with van der Waals surface area (Å²) >= 11 is 6.97. The van der Waals surface area contributed by atoms with E-state index in [0.717, 1.165) is 4.88 Å². The van der Waals surface area contributed by atoms with E-state index in [1.165, 1.54) is 11.3 Å². The van der Waals surface area contributed by atoms with E-state index in [4.69, 9.17) is 16.3 Å². The number of amides is 1. The number of hydrogen-bond acceptors (Lipinski definition) is 7. The third kappa shape index (κ3) is 3.24. The van der Waals surface area contributed by atoms with Gasteiger partial charge in [-0.2, -0.15) is 0 Å². The van der Waals surface area contributed by atoms with Crippen molar-refractivity contribution in [1.29, 1.82) is 0 Å². The first kappa shape index (κ1) is 17.9. The molecule has 2 aromatic rings. The van der Waals surface area contributed by atoms with E-state index < -0.39 is 27.6 Å². The summed E-state index contributed by atoms with van der Waals surface area (Å²) in [6.07, 6.45) is 0. The van der Waals surface area contributed by atoms with E-state index >= 15 is 0 Å². The van der Waals surface area contributed by atoms with Crippen LogP contribution in [0.25, 0.3) is 0 Å². The average molecular weight is 373 g/mol. The van der Waals surface area contributed by atoms with Crippen LogP contribution in [-0.2, 0) is 4.74 Å². The Labute approximate surface area is 145 Å². The molecule has 2 rings (SSSR count). The number of esters is 1. The van der Waals surface area contributed by atoms with Crippen LogP contribution in [-0.4, -0.2) is 33.6 Å². The maximum atomic E-state index is 12.3. The first-order chi connectivity index (χ1) is 11.3. The monoisotopic (exact) mass is 372 g/mol. The Morgan fingerprint density at radius 2 is 2.12 bits per heavy atom. The lowest BCUT2D eigenvalue weighted by atomic mass is 10.1. The largest absolute Gasteiger partial charge is 0.462 e. The van der Waals surface area contributed by atoms with Gasteiger partial charge in [-0.25, -0.2) is 4.79 Å². The van der Waals surface area contributed by atoms with Gasteiger partial charge >= 0.3 is 11.8 Å². The van der Waals surface area contributed by atoms with Gasteiger partial charge in [0.25, 0.3) is 5.91 Å². The van der Waals surface area contributed by atoms with E-state index in [0.29, 0.717) is 5.56 Å². The summed E-state index contributed by atoms with van der Waals surface area (Å²) in [7, 11) is 0. The second-order valence-electron chi connectivity index (χ2n) is 4.65. The Morgan fingerprint density at radius 1 is 1.46 bits per heavy atom. The maximum Gasteiger partial charge on any atom is 0.362 e. The molecule has 0 bridgehead atoms. The third-order valence-electron chi connectivity index (χ3n) is 3.18. The summed E-state index contributed by atoms with van der Waals surface area (Å²) in [6, 6.07) is 0. The molecule has 128 valence electrons. The summed E-state index contributed by atoms with van der Waals surface area (Å²) in [5, 5.41) is 18.8. The molecule has 2 heterocycles. The van der Waals surface area contributed by atoms with E-state index in [-0.39, 0.29) is 22.9 Å². The van der Waals surface area contributed by atoms with Gasteiger partial charge in [-0.1, -0.05) is 16.7 Å². The van der Waals surface area contributed by atoms with Crippen molar-refractivity contribution in [3.8, 4) is 0 Å². The standard InChI is InChI=1S/C13H13ClN4O5S/c1-4-23-13(20)7-5(2)6(3)24-12(7)15-11(19)9-8(14)10(17-16-9)18(21)22/h4H2,1-3H3,(H,15,19)(H,16,17). The summed E-state index contributed by atoms with van der Waals surface area (Å²) in [5.41, 5.74) is 0.601. The van der Waals surface area contributed by atoms with Gasteiger partial charge < -0.3 is 20.2 Å². The number of carbonyl (C=O) groups is 2. The fraction of sp³-hybridized carbons (Fsp3) is 0.308. The molecule has 0 aliphatic carbocycles. The zero-order valence-electron chi connectivity index (χ0n) is 12.9. The molecule has 0 radical (unpaired) electrons. The molecule has 0 aliphatic heterocycles. The molecule has 0 aromatic carbocycles. The lowest BCUT2D eigenvalue weighted by Gasteiger charge is -2.06. The number of nitrogens with one attached hydrogen (secondary N) is 2. The molecule has 0 saturated heterocycles. The summed E-state index contributed by atoms with van der Waals surface area (Å²) in [6.45, 7) is 5.40. The number of ether oxygens (including phenoxy) is 1. The molecule has 1 amide bonds. The highest BCUT2D eigenvalue weighted by Crippen LogP contribution is 2.34. The van der Waals surface area contributed by atoms with Crippen LogP contribution in [0.5, 0.6) is 0 Å². The molecule has 0 unspecified atom stereocenters. The Balaban J connectivity index is 2.35. The highest BCUT2D eigenvalue weighted by atomic mass is 35.5. The second-order valence-corrected chi connectivity index (χ2v) is 6.26. The molecule has 9 nitrogen and oxygen atoms in total. The van der Waals surface area contributed by atoms with Crippen molar-refractivity contribution >= 4 is 45.6 Å². The van der Waals surface area contributed by atoms with Gasteiger partial charge in [0.1, 0.15) is 5.00 Å². The Kier molecular flexibility index (Phi) is 5.20. The smallest absolute Gasteiger partial charge is 0.362 e. The average Bonchev–Trinajstić information content (AvgIpc) is 3.00. The van der Waals surface area contributed by atoms with Crippen molar-refractivity contribution in [3.63, 3.8) is 0 Å². The number of aromatic amines is 1. The fourth-order valence-corrected chi connectivity index (χ4v) is 3.20. The van der Waals surface area contributed by atoms with Gasteiger partial charge in [0.15, 0.2) is 10.7 Å². The minimum Gasteiger partial charge on any atom is -0.462 e. The van der Waals surface area contributed by atoms with Crippen molar-refractivity contribution in [3.05, 3.63) is 36.8 Å². The summed E-state index contributed by atoms with van der Waals surface area (Å²) in [4.78, 5) is 35.1. The number of H-pyrrole nitrogens is 1. The van der Waals surface area contributed by atoms with Crippen molar-refractivity contribution in [2.75, 3.05) is 11.9 Å². The van der Waals surface area contributed by atoms with Crippen molar-refractivity contribution in [2.24, 2.45) is 0 Å². The summed E-state index contributed by atoms with van der Waals surface area (Å²) in [5.74, 6) is -1.91. The highest BCUT2D eigenvalue weighted by Gasteiger charge is 2.28. The van der Waals surface area contributed by atoms with Crippen LogP contribution in [0.4, 0.5) is 10.8 Å². The molecular weight excluding hydrogens is 360 g/mol. The molecule has 0 fully saturated rings. The SMILES string of the molecule is CCOC(=O)c1c(NC(=O)c2n[nH]c([N+](=O)[O-])c2Cl)sc(C)c1C. The first-order valence-electron chi connectivity index (χ1n) is 6.74. The van der Waals surface area contributed by atoms with Crippen LogP contribution in [0, 0.1) is 24.0 Å². The molecule has 0 aliphatic rings. The van der Waals surface area contributed by atoms with Gasteiger partial charge in [0, 0.05) is 4.88 Å². The molecule has 2 aromatic heterocycles. The Morgan fingerprint density at radius 3 is 2.67 bits per heavy atom. The quantitative estimate of drug-likeness (QED) is 0.471. The number of hydrogen-bond donors (Lipinski definition) is 2. The number of nitro groups is 1. The summed E-state index contributed by atoms with van der Waals surface area (Å²) < 4.78 is 4.99. The van der Waals surface area contributed by atoms with Gasteiger partial charge in [0.2, 0.25) is 0 Å². The van der Waals surface area contributed by atoms with Gasteiger partial charge in [-0.15, -0.1) is 16.4 Å². The number of halogens is 1. The topological polar surface area (TPSA) is 127 Å². The number of thiophene rings is 1. The second kappa shape index (κ2) is 6.97. The number of aromatic nitrogens is 2. The van der Waals surface area contributed by atoms with Crippen LogP contribution in [0.2, 0.25) is 5.02 Å². The van der Waals surface area contributed by atoms with Crippen LogP contribution in [0.3, 0.4) is 0 Å². The van der Waals surface area contributed by atoms with Crippen molar-refractivity contribution < 1.29 is 19.2 Å². The predicted octanol–water partition coefficient (Wildman–Crippen LogP) is 3.08. The first-order valence-corrected chi connectivity index (χ1v) is 7.94. The third-order valence-corrected chi connectivity index (χ3v) is 4.66. The van der Waals surface area contributed by atoms with E-state index in [1.807, 2.05) is 0 Å². The molecule has 0 spiro atoms. The molecule has 2 N–H and O–H groups in total. The van der Waals surface area contributed by atoms with Crippen molar-refractivity contribution in [2.45, 2.75) is 20.8 Å². The molecular formula is C13H13ClN4O5S. The number of nitrogens with zero attached hydrogens (tertiary/aromatic N) is 2. The molecule has 0 saturated carbocycles. The van der Waals surface area contributed by atoms with E-state index in [9.17, 15) is 19.7 Å². The highest BCUT2D eigenvalue weighted by molar-refractivity contribution is 7.16. The van der Waals surface area contributed by atoms with Crippen LogP contribution >= 0.6 is 22.9 Å². The zero-order chi connectivity index (χ0) is 18.0. The lowest BCUT2D eigenvalue weighted by molar-refractivity contribution is -0.389. The van der Waals surface area contributed by atoms with Crippen LogP contribution in [0.15, 0.2) is 0 Å². The fourth-order valence-electron chi connectivity index (χ4n) is 1.92. The van der Waals surface area contributed by atoms with E-state index in [2.05, 4.69) is 15.5 Å². The number of carbonyl (C=O) groups excluding carboxylic acids is 2. The minimum atomic E-state index is -0.782. The number of rotatable bonds is 5. The predicted molar refractivity (Wildman–Crippen MR) is 88.0 cm³/mol. The Hall–Kier alpha value is -2.46.